The zero-order valence-electron chi connectivity index (χ0n) is 11.1. The van der Waals surface area contributed by atoms with Crippen molar-refractivity contribution in [3.8, 4) is 0 Å². The maximum Gasteiger partial charge on any atom is 0.326 e. The molecule has 7 nitrogen and oxygen atoms in total. The second-order valence-electron chi connectivity index (χ2n) is 4.69. The molecule has 0 aromatic rings. The first-order chi connectivity index (χ1) is 9.02. The average molecular weight is 271 g/mol. The van der Waals surface area contributed by atoms with Crippen LogP contribution in [0.3, 0.4) is 0 Å². The number of urea groups is 1. The van der Waals surface area contributed by atoms with Gasteiger partial charge in [-0.1, -0.05) is 19.8 Å². The van der Waals surface area contributed by atoms with Crippen LogP contribution in [0.2, 0.25) is 0 Å². The molecule has 1 saturated heterocycles. The van der Waals surface area contributed by atoms with Gasteiger partial charge >= 0.3 is 12.0 Å². The molecule has 0 aromatic carbocycles. The number of amides is 3. The number of hydrogen-bond donors (Lipinski definition) is 4. The van der Waals surface area contributed by atoms with Crippen LogP contribution < -0.4 is 16.0 Å². The van der Waals surface area contributed by atoms with E-state index in [1.807, 2.05) is 6.92 Å². The summed E-state index contributed by atoms with van der Waals surface area (Å²) in [5.74, 6) is -1.05. The Morgan fingerprint density at radius 2 is 2.26 bits per heavy atom. The van der Waals surface area contributed by atoms with Gasteiger partial charge in [-0.25, -0.2) is 9.59 Å². The van der Waals surface area contributed by atoms with Gasteiger partial charge in [-0.3, -0.25) is 4.79 Å². The fraction of sp³-hybridized carbons (Fsp3) is 0.750. The average Bonchev–Trinajstić information content (AvgIpc) is 2.77. The van der Waals surface area contributed by atoms with Crippen molar-refractivity contribution in [1.82, 2.24) is 16.0 Å². The van der Waals surface area contributed by atoms with Gasteiger partial charge in [-0.15, -0.1) is 0 Å². The first-order valence-electron chi connectivity index (χ1n) is 6.59. The van der Waals surface area contributed by atoms with Crippen LogP contribution in [0, 0.1) is 0 Å². The quantitative estimate of drug-likeness (QED) is 0.530. The van der Waals surface area contributed by atoms with Gasteiger partial charge < -0.3 is 21.1 Å². The van der Waals surface area contributed by atoms with E-state index in [0.29, 0.717) is 25.8 Å². The standard InChI is InChI=1S/C12H21N3O4/c1-2-3-4-9(11(17)18)15-12(19)13-7-8-5-6-10(16)14-8/h8-9H,2-7H2,1H3,(H,14,16)(H,17,18)(H2,13,15,19). The van der Waals surface area contributed by atoms with Gasteiger partial charge in [-0.05, 0) is 12.8 Å². The Hall–Kier alpha value is -1.79. The van der Waals surface area contributed by atoms with Crippen LogP contribution in [0.15, 0.2) is 0 Å². The second-order valence-corrected chi connectivity index (χ2v) is 4.69. The highest BCUT2D eigenvalue weighted by molar-refractivity contribution is 5.82. The summed E-state index contributed by atoms with van der Waals surface area (Å²) in [7, 11) is 0. The Morgan fingerprint density at radius 3 is 2.79 bits per heavy atom. The molecular weight excluding hydrogens is 250 g/mol. The maximum absolute atomic E-state index is 11.6. The first-order valence-corrected chi connectivity index (χ1v) is 6.59. The predicted octanol–water partition coefficient (Wildman–Crippen LogP) is 0.208. The van der Waals surface area contributed by atoms with Crippen molar-refractivity contribution in [1.29, 1.82) is 0 Å². The normalized spacial score (nSPS) is 19.6. The molecule has 7 heteroatoms. The highest BCUT2D eigenvalue weighted by Gasteiger charge is 2.22. The minimum atomic E-state index is -1.03. The lowest BCUT2D eigenvalue weighted by Crippen LogP contribution is -2.48. The summed E-state index contributed by atoms with van der Waals surface area (Å²) in [6.07, 6.45) is 3.20. The van der Waals surface area contributed by atoms with Gasteiger partial charge in [0.15, 0.2) is 0 Å². The van der Waals surface area contributed by atoms with Crippen molar-refractivity contribution in [3.63, 3.8) is 0 Å². The third-order valence-corrected chi connectivity index (χ3v) is 3.04. The van der Waals surface area contributed by atoms with Crippen LogP contribution in [0.1, 0.15) is 39.0 Å². The Labute approximate surface area is 112 Å². The minimum Gasteiger partial charge on any atom is -0.480 e. The zero-order chi connectivity index (χ0) is 14.3. The Morgan fingerprint density at radius 1 is 1.53 bits per heavy atom. The van der Waals surface area contributed by atoms with E-state index < -0.39 is 18.0 Å². The molecule has 1 aliphatic rings. The molecule has 0 aromatic heterocycles. The number of hydrogen-bond acceptors (Lipinski definition) is 3. The predicted molar refractivity (Wildman–Crippen MR) is 68.6 cm³/mol. The van der Waals surface area contributed by atoms with Gasteiger partial charge in [0.2, 0.25) is 5.91 Å². The van der Waals surface area contributed by atoms with E-state index in [-0.39, 0.29) is 11.9 Å². The van der Waals surface area contributed by atoms with Gasteiger partial charge in [0, 0.05) is 19.0 Å². The van der Waals surface area contributed by atoms with Crippen LogP contribution in [0.25, 0.3) is 0 Å². The third kappa shape index (κ3) is 5.58. The number of carboxylic acid groups (broad SMARTS) is 1. The lowest BCUT2D eigenvalue weighted by Gasteiger charge is -2.16. The van der Waals surface area contributed by atoms with Gasteiger partial charge in [0.1, 0.15) is 6.04 Å². The molecule has 1 rings (SSSR count). The van der Waals surface area contributed by atoms with Crippen LogP contribution in [0.4, 0.5) is 4.79 Å². The number of carboxylic acids is 1. The molecule has 108 valence electrons. The summed E-state index contributed by atoms with van der Waals surface area (Å²) in [5.41, 5.74) is 0. The van der Waals surface area contributed by atoms with Crippen molar-refractivity contribution in [2.24, 2.45) is 0 Å². The molecule has 19 heavy (non-hydrogen) atoms. The Bertz CT molecular complexity index is 346. The van der Waals surface area contributed by atoms with Crippen molar-refractivity contribution in [2.75, 3.05) is 6.54 Å². The van der Waals surface area contributed by atoms with Crippen LogP contribution in [-0.2, 0) is 9.59 Å². The number of rotatable bonds is 7. The topological polar surface area (TPSA) is 108 Å². The molecule has 0 spiro atoms. The van der Waals surface area contributed by atoms with Crippen LogP contribution in [0.5, 0.6) is 0 Å². The van der Waals surface area contributed by atoms with E-state index in [2.05, 4.69) is 16.0 Å². The van der Waals surface area contributed by atoms with E-state index in [4.69, 9.17) is 5.11 Å². The molecule has 1 heterocycles. The van der Waals surface area contributed by atoms with E-state index in [1.165, 1.54) is 0 Å². The number of carbonyl (C=O) groups is 3. The molecule has 2 unspecified atom stereocenters. The number of nitrogens with one attached hydrogen (secondary N) is 3. The first kappa shape index (κ1) is 15.3. The third-order valence-electron chi connectivity index (χ3n) is 3.04. The monoisotopic (exact) mass is 271 g/mol. The highest BCUT2D eigenvalue weighted by atomic mass is 16.4. The molecule has 2 atom stereocenters. The van der Waals surface area contributed by atoms with Gasteiger partial charge in [-0.2, -0.15) is 0 Å². The summed E-state index contributed by atoms with van der Waals surface area (Å²) in [5, 5.41) is 16.7. The summed E-state index contributed by atoms with van der Waals surface area (Å²) in [6.45, 7) is 2.28. The molecule has 3 amide bonds. The molecule has 0 bridgehead atoms. The number of unbranched alkanes of at least 4 members (excludes halogenated alkanes) is 1. The van der Waals surface area contributed by atoms with Crippen molar-refractivity contribution in [2.45, 2.75) is 51.1 Å². The summed E-state index contributed by atoms with van der Waals surface area (Å²) < 4.78 is 0. The Kier molecular flexibility index (Phi) is 6.11. The maximum atomic E-state index is 11.6. The number of aliphatic carboxylic acids is 1. The highest BCUT2D eigenvalue weighted by Crippen LogP contribution is 2.05. The number of carbonyl (C=O) groups excluding carboxylic acids is 2. The molecule has 0 saturated carbocycles. The largest absolute Gasteiger partial charge is 0.480 e. The van der Waals surface area contributed by atoms with Crippen LogP contribution >= 0.6 is 0 Å². The van der Waals surface area contributed by atoms with Crippen LogP contribution in [-0.4, -0.2) is 41.6 Å². The van der Waals surface area contributed by atoms with E-state index in [1.54, 1.807) is 0 Å². The molecule has 4 N–H and O–H groups in total. The second kappa shape index (κ2) is 7.60. The van der Waals surface area contributed by atoms with E-state index in [0.717, 1.165) is 12.8 Å². The van der Waals surface area contributed by atoms with Gasteiger partial charge in [0.05, 0.1) is 0 Å². The van der Waals surface area contributed by atoms with Crippen molar-refractivity contribution >= 4 is 17.9 Å². The van der Waals surface area contributed by atoms with Crippen molar-refractivity contribution < 1.29 is 19.5 Å². The molecule has 1 aliphatic heterocycles. The molecule has 0 aliphatic carbocycles. The van der Waals surface area contributed by atoms with E-state index >= 15 is 0 Å². The molecule has 1 fully saturated rings. The summed E-state index contributed by atoms with van der Waals surface area (Å²) >= 11 is 0. The van der Waals surface area contributed by atoms with Crippen molar-refractivity contribution in [3.05, 3.63) is 0 Å². The minimum absolute atomic E-state index is 0.0152. The fourth-order valence-corrected chi connectivity index (χ4v) is 1.92. The van der Waals surface area contributed by atoms with Gasteiger partial charge in [0.25, 0.3) is 0 Å². The summed E-state index contributed by atoms with van der Waals surface area (Å²) in [4.78, 5) is 33.5. The smallest absolute Gasteiger partial charge is 0.326 e. The molecule has 0 radical (unpaired) electrons. The van der Waals surface area contributed by atoms with E-state index in [9.17, 15) is 14.4 Å². The SMILES string of the molecule is CCCCC(NC(=O)NCC1CCC(=O)N1)C(=O)O. The lowest BCUT2D eigenvalue weighted by molar-refractivity contribution is -0.139. The fourth-order valence-electron chi connectivity index (χ4n) is 1.92. The Balaban J connectivity index is 2.27. The zero-order valence-corrected chi connectivity index (χ0v) is 11.1. The summed E-state index contributed by atoms with van der Waals surface area (Å²) in [6, 6.07) is -1.43. The molecular formula is C12H21N3O4. The lowest BCUT2D eigenvalue weighted by atomic mass is 10.1.